The molecule has 0 amide bonds. The molecule has 1 saturated heterocycles. The van der Waals surface area contributed by atoms with Crippen LogP contribution in [0.15, 0.2) is 72.9 Å². The predicted octanol–water partition coefficient (Wildman–Crippen LogP) is 5.69. The fraction of sp³-hybridized carbons (Fsp3) is 0.241. The summed E-state index contributed by atoms with van der Waals surface area (Å²) < 4.78 is 19.0. The third kappa shape index (κ3) is 4.38. The van der Waals surface area contributed by atoms with E-state index >= 15 is 0 Å². The summed E-state index contributed by atoms with van der Waals surface area (Å²) in [5.41, 5.74) is 6.17. The molecule has 0 saturated carbocycles. The first kappa shape index (κ1) is 24.6. The number of hydrogen-bond donors (Lipinski definition) is 1. The molecular formula is C29H30N4O3S. The number of rotatable bonds is 7. The van der Waals surface area contributed by atoms with Crippen molar-refractivity contribution in [2.75, 3.05) is 26.2 Å². The Morgan fingerprint density at radius 1 is 0.865 bits per heavy atom. The van der Waals surface area contributed by atoms with Gasteiger partial charge >= 0.3 is 0 Å². The third-order valence-electron chi connectivity index (χ3n) is 6.84. The fourth-order valence-electron chi connectivity index (χ4n) is 5.15. The number of thiocarbonyl (C=S) groups is 1. The zero-order valence-corrected chi connectivity index (χ0v) is 22.4. The highest BCUT2D eigenvalue weighted by Gasteiger charge is 2.43. The summed E-state index contributed by atoms with van der Waals surface area (Å²) in [5.74, 6) is 2.20. The molecular weight excluding hydrogens is 484 g/mol. The lowest BCUT2D eigenvalue weighted by Crippen LogP contribution is -2.30. The fourth-order valence-corrected chi connectivity index (χ4v) is 5.49. The highest BCUT2D eigenvalue weighted by atomic mass is 32.1. The van der Waals surface area contributed by atoms with Crippen molar-refractivity contribution in [3.05, 3.63) is 95.6 Å². The predicted molar refractivity (Wildman–Crippen MR) is 149 cm³/mol. The molecule has 2 atom stereocenters. The molecule has 0 spiro atoms. The molecule has 0 unspecified atom stereocenters. The summed E-state index contributed by atoms with van der Waals surface area (Å²) in [6, 6.07) is 21.7. The van der Waals surface area contributed by atoms with Crippen LogP contribution < -0.4 is 24.4 Å². The minimum absolute atomic E-state index is 0.167. The zero-order chi connectivity index (χ0) is 26.1. The quantitative estimate of drug-likeness (QED) is 0.318. The van der Waals surface area contributed by atoms with Gasteiger partial charge in [0.25, 0.3) is 0 Å². The van der Waals surface area contributed by atoms with Crippen LogP contribution in [0.1, 0.15) is 34.7 Å². The summed E-state index contributed by atoms with van der Waals surface area (Å²) in [6.07, 6.45) is 1.81. The van der Waals surface area contributed by atoms with Crippen molar-refractivity contribution in [1.29, 1.82) is 0 Å². The van der Waals surface area contributed by atoms with Gasteiger partial charge < -0.3 is 29.0 Å². The van der Waals surface area contributed by atoms with Crippen LogP contribution in [0.2, 0.25) is 0 Å². The van der Waals surface area contributed by atoms with E-state index in [0.29, 0.717) is 16.6 Å². The van der Waals surface area contributed by atoms with Gasteiger partial charge in [0.2, 0.25) is 0 Å². The molecule has 1 N–H and O–H groups in total. The third-order valence-corrected chi connectivity index (χ3v) is 7.16. The molecule has 0 aliphatic carbocycles. The van der Waals surface area contributed by atoms with Crippen LogP contribution >= 0.6 is 12.2 Å². The lowest BCUT2D eigenvalue weighted by Gasteiger charge is -2.29. The SMILES string of the molecule is COc1cccc(-n2c(C)cc([C@@H]3[C@@H](c4ccccn4)NC(=S)N3c3ccc(OC)cc3OC)c2C)c1. The van der Waals surface area contributed by atoms with Crippen molar-refractivity contribution < 1.29 is 14.2 Å². The summed E-state index contributed by atoms with van der Waals surface area (Å²) in [6.45, 7) is 4.26. The number of nitrogens with zero attached hydrogens (tertiary/aromatic N) is 3. The number of ether oxygens (including phenoxy) is 3. The van der Waals surface area contributed by atoms with E-state index in [0.717, 1.165) is 39.8 Å². The number of anilines is 1. The van der Waals surface area contributed by atoms with E-state index in [9.17, 15) is 0 Å². The Labute approximate surface area is 222 Å². The van der Waals surface area contributed by atoms with Gasteiger partial charge in [-0.05, 0) is 74.1 Å². The van der Waals surface area contributed by atoms with Crippen molar-refractivity contribution in [3.63, 3.8) is 0 Å². The van der Waals surface area contributed by atoms with Crippen molar-refractivity contribution in [1.82, 2.24) is 14.9 Å². The minimum atomic E-state index is -0.171. The minimum Gasteiger partial charge on any atom is -0.497 e. The average molecular weight is 515 g/mol. The number of pyridine rings is 1. The normalized spacial score (nSPS) is 17.0. The smallest absolute Gasteiger partial charge is 0.174 e. The Balaban J connectivity index is 1.69. The number of hydrogen-bond acceptors (Lipinski definition) is 5. The van der Waals surface area contributed by atoms with E-state index in [4.69, 9.17) is 26.4 Å². The van der Waals surface area contributed by atoms with Crippen LogP contribution in [0.4, 0.5) is 5.69 Å². The van der Waals surface area contributed by atoms with Gasteiger partial charge in [0.1, 0.15) is 17.2 Å². The van der Waals surface area contributed by atoms with E-state index < -0.39 is 0 Å². The molecule has 0 bridgehead atoms. The first-order valence-electron chi connectivity index (χ1n) is 12.0. The maximum atomic E-state index is 5.93. The van der Waals surface area contributed by atoms with Crippen LogP contribution in [0, 0.1) is 13.8 Å². The van der Waals surface area contributed by atoms with E-state index in [1.165, 1.54) is 0 Å². The number of nitrogens with one attached hydrogen (secondary N) is 1. The van der Waals surface area contributed by atoms with Gasteiger partial charge in [0.15, 0.2) is 5.11 Å². The topological polar surface area (TPSA) is 60.8 Å². The first-order valence-corrected chi connectivity index (χ1v) is 12.4. The second-order valence-electron chi connectivity index (χ2n) is 8.90. The zero-order valence-electron chi connectivity index (χ0n) is 21.6. The molecule has 37 heavy (non-hydrogen) atoms. The van der Waals surface area contributed by atoms with Gasteiger partial charge in [-0.2, -0.15) is 0 Å². The summed E-state index contributed by atoms with van der Waals surface area (Å²) >= 11 is 5.93. The van der Waals surface area contributed by atoms with Crippen molar-refractivity contribution in [2.24, 2.45) is 0 Å². The molecule has 2 aromatic carbocycles. The molecule has 7 nitrogen and oxygen atoms in total. The second-order valence-corrected chi connectivity index (χ2v) is 9.28. The maximum Gasteiger partial charge on any atom is 0.174 e. The molecule has 5 rings (SSSR count). The van der Waals surface area contributed by atoms with E-state index in [-0.39, 0.29) is 12.1 Å². The van der Waals surface area contributed by atoms with Crippen LogP contribution in [0.5, 0.6) is 17.2 Å². The van der Waals surface area contributed by atoms with Gasteiger partial charge in [-0.3, -0.25) is 4.98 Å². The lowest BCUT2D eigenvalue weighted by molar-refractivity contribution is 0.394. The van der Waals surface area contributed by atoms with Crippen LogP contribution in [-0.4, -0.2) is 36.0 Å². The Morgan fingerprint density at radius 3 is 2.35 bits per heavy atom. The van der Waals surface area contributed by atoms with Gasteiger partial charge in [0, 0.05) is 35.4 Å². The number of benzene rings is 2. The first-order chi connectivity index (χ1) is 18.0. The highest BCUT2D eigenvalue weighted by Crippen LogP contribution is 2.46. The Kier molecular flexibility index (Phi) is 6.76. The molecule has 190 valence electrons. The van der Waals surface area contributed by atoms with Gasteiger partial charge in [-0.1, -0.05) is 12.1 Å². The van der Waals surface area contributed by atoms with Crippen molar-refractivity contribution in [2.45, 2.75) is 25.9 Å². The molecule has 1 aliphatic rings. The highest BCUT2D eigenvalue weighted by molar-refractivity contribution is 7.80. The van der Waals surface area contributed by atoms with Crippen LogP contribution in [-0.2, 0) is 0 Å². The van der Waals surface area contributed by atoms with Gasteiger partial charge in [-0.25, -0.2) is 0 Å². The number of methoxy groups -OCH3 is 3. The van der Waals surface area contributed by atoms with Crippen molar-refractivity contribution in [3.8, 4) is 22.9 Å². The number of aryl methyl sites for hydroxylation is 1. The van der Waals surface area contributed by atoms with Gasteiger partial charge in [0.05, 0.1) is 44.8 Å². The van der Waals surface area contributed by atoms with E-state index in [1.54, 1.807) is 21.3 Å². The lowest BCUT2D eigenvalue weighted by atomic mass is 9.96. The molecule has 1 fully saturated rings. The average Bonchev–Trinajstić information content (AvgIpc) is 3.43. The Hall–Kier alpha value is -4.04. The number of aromatic nitrogens is 2. The molecule has 4 aromatic rings. The molecule has 2 aromatic heterocycles. The maximum absolute atomic E-state index is 5.93. The van der Waals surface area contributed by atoms with E-state index in [1.807, 2.05) is 60.8 Å². The van der Waals surface area contributed by atoms with Crippen molar-refractivity contribution >= 4 is 23.0 Å². The Bertz CT molecular complexity index is 1440. The van der Waals surface area contributed by atoms with Crippen LogP contribution in [0.25, 0.3) is 5.69 Å². The molecule has 8 heteroatoms. The second kappa shape index (κ2) is 10.1. The molecule has 0 radical (unpaired) electrons. The van der Waals surface area contributed by atoms with E-state index in [2.05, 4.69) is 45.7 Å². The standard InChI is InChI=1S/C29H30N4O3S/c1-18-15-23(19(2)32(18)20-9-8-10-21(16-20)34-3)28-27(24-11-6-7-14-30-24)31-29(37)33(28)25-13-12-22(35-4)17-26(25)36-5/h6-17,27-28H,1-5H3,(H,31,37)/t27-,28-/m1/s1. The van der Waals surface area contributed by atoms with Gasteiger partial charge in [-0.15, -0.1) is 0 Å². The van der Waals surface area contributed by atoms with Crippen LogP contribution in [0.3, 0.4) is 0 Å². The largest absolute Gasteiger partial charge is 0.497 e. The summed E-state index contributed by atoms with van der Waals surface area (Å²) in [4.78, 5) is 6.81. The molecule has 3 heterocycles. The summed E-state index contributed by atoms with van der Waals surface area (Å²) in [5, 5.41) is 4.15. The summed E-state index contributed by atoms with van der Waals surface area (Å²) in [7, 11) is 4.98. The Morgan fingerprint density at radius 2 is 1.65 bits per heavy atom. The monoisotopic (exact) mass is 514 g/mol. The molecule has 1 aliphatic heterocycles.